The van der Waals surface area contributed by atoms with Crippen LogP contribution in [-0.4, -0.2) is 22.8 Å². The molecule has 0 aliphatic rings. The van der Waals surface area contributed by atoms with Crippen LogP contribution in [0.1, 0.15) is 37.0 Å². The van der Waals surface area contributed by atoms with E-state index in [1.54, 1.807) is 0 Å². The highest BCUT2D eigenvalue weighted by molar-refractivity contribution is 9.09. The van der Waals surface area contributed by atoms with Crippen LogP contribution in [0, 0.1) is 5.41 Å². The van der Waals surface area contributed by atoms with Crippen molar-refractivity contribution in [3.05, 3.63) is 34.2 Å². The second-order valence-electron chi connectivity index (χ2n) is 5.06. The van der Waals surface area contributed by atoms with Crippen molar-refractivity contribution in [1.82, 2.24) is 10.3 Å². The molecule has 0 radical (unpaired) electrons. The largest absolute Gasteiger partial charge is 0.367 e. The average Bonchev–Trinajstić information content (AvgIpc) is 2.34. The van der Waals surface area contributed by atoms with E-state index < -0.39 is 0 Å². The zero-order valence-electron chi connectivity index (χ0n) is 10.8. The van der Waals surface area contributed by atoms with Gasteiger partial charge in [-0.1, -0.05) is 29.8 Å². The van der Waals surface area contributed by atoms with Crippen LogP contribution in [0.2, 0.25) is 0 Å². The first-order chi connectivity index (χ1) is 8.46. The minimum absolute atomic E-state index is 0.0327. The summed E-state index contributed by atoms with van der Waals surface area (Å²) < 4.78 is 0. The molecule has 0 atom stereocenters. The molecule has 0 bridgehead atoms. The third-order valence-electron chi connectivity index (χ3n) is 2.78. The van der Waals surface area contributed by atoms with Gasteiger partial charge >= 0.3 is 0 Å². The van der Waals surface area contributed by atoms with Crippen LogP contribution in [0.15, 0.2) is 23.3 Å². The van der Waals surface area contributed by atoms with Crippen LogP contribution in [-0.2, 0) is 0 Å². The summed E-state index contributed by atoms with van der Waals surface area (Å²) in [5, 5.41) is 3.78. The quantitative estimate of drug-likeness (QED) is 0.791. The summed E-state index contributed by atoms with van der Waals surface area (Å²) in [6, 6.07) is 1.35. The molecule has 100 valence electrons. The van der Waals surface area contributed by atoms with E-state index in [-0.39, 0.29) is 22.3 Å². The number of H-pyrrole nitrogens is 1. The molecule has 0 aliphatic carbocycles. The number of amides is 1. The molecule has 1 rings (SSSR count). The van der Waals surface area contributed by atoms with Gasteiger partial charge in [0.1, 0.15) is 5.56 Å². The number of pyridine rings is 1. The number of aromatic nitrogens is 1. The molecule has 1 heterocycles. The lowest BCUT2D eigenvalue weighted by Gasteiger charge is -2.24. The van der Waals surface area contributed by atoms with E-state index in [4.69, 9.17) is 0 Å². The van der Waals surface area contributed by atoms with Gasteiger partial charge in [-0.3, -0.25) is 9.59 Å². The number of rotatable bonds is 6. The highest BCUT2D eigenvalue weighted by Crippen LogP contribution is 2.21. The molecule has 0 saturated heterocycles. The van der Waals surface area contributed by atoms with E-state index in [0.717, 1.165) is 18.2 Å². The molecule has 0 fully saturated rings. The van der Waals surface area contributed by atoms with E-state index in [0.29, 0.717) is 6.54 Å². The van der Waals surface area contributed by atoms with Gasteiger partial charge in [-0.2, -0.15) is 0 Å². The summed E-state index contributed by atoms with van der Waals surface area (Å²) >= 11 is 3.40. The van der Waals surface area contributed by atoms with Crippen molar-refractivity contribution in [2.45, 2.75) is 26.7 Å². The van der Waals surface area contributed by atoms with Crippen LogP contribution in [0.3, 0.4) is 0 Å². The van der Waals surface area contributed by atoms with E-state index in [1.807, 2.05) is 0 Å². The van der Waals surface area contributed by atoms with Gasteiger partial charge in [0.15, 0.2) is 5.43 Å². The van der Waals surface area contributed by atoms with Crippen molar-refractivity contribution in [2.24, 2.45) is 5.41 Å². The maximum Gasteiger partial charge on any atom is 0.256 e. The monoisotopic (exact) mass is 314 g/mol. The van der Waals surface area contributed by atoms with Gasteiger partial charge in [0, 0.05) is 30.3 Å². The Bertz CT molecular complexity index is 454. The van der Waals surface area contributed by atoms with Crippen molar-refractivity contribution < 1.29 is 4.79 Å². The summed E-state index contributed by atoms with van der Waals surface area (Å²) in [5.41, 5.74) is -0.0661. The molecule has 0 aliphatic heterocycles. The maximum absolute atomic E-state index is 11.8. The SMILES string of the molecule is CC(C)(CCCBr)CNC(=O)c1c[nH]ccc1=O. The minimum atomic E-state index is -0.316. The molecule has 0 saturated carbocycles. The Morgan fingerprint density at radius 2 is 2.22 bits per heavy atom. The van der Waals surface area contributed by atoms with Crippen LogP contribution in [0.25, 0.3) is 0 Å². The van der Waals surface area contributed by atoms with Gasteiger partial charge in [0.05, 0.1) is 0 Å². The van der Waals surface area contributed by atoms with Gasteiger partial charge in [0.2, 0.25) is 0 Å². The average molecular weight is 315 g/mol. The van der Waals surface area contributed by atoms with Crippen molar-refractivity contribution >= 4 is 21.8 Å². The Hall–Kier alpha value is -1.10. The molecule has 1 aromatic rings. The third-order valence-corrected chi connectivity index (χ3v) is 3.34. The lowest BCUT2D eigenvalue weighted by Crippen LogP contribution is -2.36. The predicted molar refractivity (Wildman–Crippen MR) is 76.2 cm³/mol. The van der Waals surface area contributed by atoms with Gasteiger partial charge in [-0.15, -0.1) is 0 Å². The lowest BCUT2D eigenvalue weighted by molar-refractivity contribution is 0.0933. The molecule has 0 spiro atoms. The van der Waals surface area contributed by atoms with E-state index in [9.17, 15) is 9.59 Å². The normalized spacial score (nSPS) is 11.3. The number of carbonyl (C=O) groups is 1. The molecule has 0 unspecified atom stereocenters. The molecule has 18 heavy (non-hydrogen) atoms. The summed E-state index contributed by atoms with van der Waals surface area (Å²) in [6.45, 7) is 4.77. The first kappa shape index (κ1) is 15.0. The third kappa shape index (κ3) is 4.64. The predicted octanol–water partition coefficient (Wildman–Crippen LogP) is 2.31. The Labute approximate surface area is 115 Å². The fourth-order valence-electron chi connectivity index (χ4n) is 1.64. The second kappa shape index (κ2) is 6.73. The summed E-state index contributed by atoms with van der Waals surface area (Å²) in [7, 11) is 0. The fraction of sp³-hybridized carbons (Fsp3) is 0.538. The second-order valence-corrected chi connectivity index (χ2v) is 5.85. The van der Waals surface area contributed by atoms with Gasteiger partial charge in [-0.25, -0.2) is 0 Å². The zero-order valence-corrected chi connectivity index (χ0v) is 12.3. The molecule has 1 aromatic heterocycles. The Kier molecular flexibility index (Phi) is 5.59. The summed E-state index contributed by atoms with van der Waals surface area (Å²) in [5.74, 6) is -0.316. The molecule has 1 amide bonds. The number of carbonyl (C=O) groups excluding carboxylic acids is 1. The van der Waals surface area contributed by atoms with Crippen LogP contribution in [0.4, 0.5) is 0 Å². The minimum Gasteiger partial charge on any atom is -0.367 e. The highest BCUT2D eigenvalue weighted by Gasteiger charge is 2.19. The van der Waals surface area contributed by atoms with E-state index >= 15 is 0 Å². The van der Waals surface area contributed by atoms with Crippen LogP contribution >= 0.6 is 15.9 Å². The lowest BCUT2D eigenvalue weighted by atomic mass is 9.88. The standard InChI is InChI=1S/C13H19BrN2O2/c1-13(2,5-3-6-14)9-16-12(18)10-8-15-7-4-11(10)17/h4,7-8H,3,5-6,9H2,1-2H3,(H,15,17)(H,16,18). The van der Waals surface area contributed by atoms with Gasteiger partial charge in [0.25, 0.3) is 5.91 Å². The van der Waals surface area contributed by atoms with Crippen molar-refractivity contribution in [3.63, 3.8) is 0 Å². The zero-order chi connectivity index (χ0) is 13.6. The number of halogens is 1. The van der Waals surface area contributed by atoms with Gasteiger partial charge < -0.3 is 10.3 Å². The molecule has 5 heteroatoms. The number of alkyl halides is 1. The van der Waals surface area contributed by atoms with Crippen molar-refractivity contribution in [3.8, 4) is 0 Å². The van der Waals surface area contributed by atoms with Gasteiger partial charge in [-0.05, 0) is 18.3 Å². The molecule has 0 aromatic carbocycles. The topological polar surface area (TPSA) is 62.0 Å². The van der Waals surface area contributed by atoms with Crippen LogP contribution < -0.4 is 10.7 Å². The Balaban J connectivity index is 2.56. The Morgan fingerprint density at radius 3 is 2.83 bits per heavy atom. The first-order valence-corrected chi connectivity index (χ1v) is 7.10. The molecular formula is C13H19BrN2O2. The Morgan fingerprint density at radius 1 is 1.50 bits per heavy atom. The summed E-state index contributed by atoms with van der Waals surface area (Å²) in [6.07, 6.45) is 5.03. The van der Waals surface area contributed by atoms with Crippen LogP contribution in [0.5, 0.6) is 0 Å². The maximum atomic E-state index is 11.8. The van der Waals surface area contributed by atoms with E-state index in [1.165, 1.54) is 18.5 Å². The molecular weight excluding hydrogens is 296 g/mol. The van der Waals surface area contributed by atoms with Crippen molar-refractivity contribution in [2.75, 3.05) is 11.9 Å². The number of aromatic amines is 1. The van der Waals surface area contributed by atoms with E-state index in [2.05, 4.69) is 40.1 Å². The highest BCUT2D eigenvalue weighted by atomic mass is 79.9. The molecule has 4 nitrogen and oxygen atoms in total. The smallest absolute Gasteiger partial charge is 0.256 e. The molecule has 2 N–H and O–H groups in total. The first-order valence-electron chi connectivity index (χ1n) is 5.97. The van der Waals surface area contributed by atoms with Crippen molar-refractivity contribution in [1.29, 1.82) is 0 Å². The summed E-state index contributed by atoms with van der Waals surface area (Å²) in [4.78, 5) is 26.1. The number of hydrogen-bond donors (Lipinski definition) is 2. The number of hydrogen-bond acceptors (Lipinski definition) is 2. The number of nitrogens with one attached hydrogen (secondary N) is 2. The fourth-order valence-corrected chi connectivity index (χ4v) is 1.92.